The highest BCUT2D eigenvalue weighted by atomic mass is 16.5. The molecule has 0 aromatic heterocycles. The van der Waals surface area contributed by atoms with E-state index in [9.17, 15) is 0 Å². The Morgan fingerprint density at radius 1 is 0.882 bits per heavy atom. The summed E-state index contributed by atoms with van der Waals surface area (Å²) < 4.78 is 5.57. The van der Waals surface area contributed by atoms with Crippen LogP contribution in [-0.4, -0.2) is 0 Å². The van der Waals surface area contributed by atoms with E-state index in [1.54, 1.807) is 48.5 Å². The summed E-state index contributed by atoms with van der Waals surface area (Å²) in [5.41, 5.74) is 0.992. The molecule has 0 radical (unpaired) electrons. The van der Waals surface area contributed by atoms with E-state index in [-0.39, 0.29) is 0 Å². The zero-order valence-corrected chi connectivity index (χ0v) is 8.92. The number of hydrogen-bond donors (Lipinski definition) is 0. The van der Waals surface area contributed by atoms with Gasteiger partial charge in [0.15, 0.2) is 0 Å². The second kappa shape index (κ2) is 4.83. The first-order valence-corrected chi connectivity index (χ1v) is 5.00. The lowest BCUT2D eigenvalue weighted by molar-refractivity contribution is 0.481. The Bertz CT molecular complexity index is 621. The van der Waals surface area contributed by atoms with Crippen LogP contribution in [0.1, 0.15) is 11.1 Å². The zero-order valence-electron chi connectivity index (χ0n) is 8.92. The van der Waals surface area contributed by atoms with Crippen LogP contribution in [0.4, 0.5) is 0 Å². The molecule has 0 fully saturated rings. The standard InChI is InChI=1S/C14H8N2O/c15-9-11-4-3-6-13(8-11)17-14-7-2-1-5-12(14)10-16/h1-8H. The minimum absolute atomic E-state index is 0.467. The van der Waals surface area contributed by atoms with Gasteiger partial charge in [-0.15, -0.1) is 0 Å². The lowest BCUT2D eigenvalue weighted by Gasteiger charge is -2.06. The smallest absolute Gasteiger partial charge is 0.145 e. The monoisotopic (exact) mass is 220 g/mol. The first kappa shape index (κ1) is 10.7. The second-order valence-corrected chi connectivity index (χ2v) is 3.35. The van der Waals surface area contributed by atoms with E-state index < -0.39 is 0 Å². The van der Waals surface area contributed by atoms with E-state index in [0.29, 0.717) is 22.6 Å². The third-order valence-corrected chi connectivity index (χ3v) is 2.20. The molecule has 0 N–H and O–H groups in total. The SMILES string of the molecule is N#Cc1cccc(Oc2ccccc2C#N)c1. The molecule has 2 aromatic carbocycles. The van der Waals surface area contributed by atoms with Crippen LogP contribution < -0.4 is 4.74 Å². The van der Waals surface area contributed by atoms with Gasteiger partial charge in [-0.2, -0.15) is 10.5 Å². The Kier molecular flexibility index (Phi) is 3.05. The quantitative estimate of drug-likeness (QED) is 0.780. The molecule has 80 valence electrons. The van der Waals surface area contributed by atoms with Gasteiger partial charge >= 0.3 is 0 Å². The average Bonchev–Trinajstić information content (AvgIpc) is 2.39. The zero-order chi connectivity index (χ0) is 12.1. The maximum atomic E-state index is 8.91. The van der Waals surface area contributed by atoms with Crippen molar-refractivity contribution in [3.63, 3.8) is 0 Å². The van der Waals surface area contributed by atoms with Crippen molar-refractivity contribution in [3.8, 4) is 23.6 Å². The molecule has 2 rings (SSSR count). The van der Waals surface area contributed by atoms with Crippen LogP contribution in [0.5, 0.6) is 11.5 Å². The molecule has 0 heterocycles. The van der Waals surface area contributed by atoms with Crippen LogP contribution in [0, 0.1) is 22.7 Å². The molecule has 3 heteroatoms. The molecule has 0 saturated heterocycles. The van der Waals surface area contributed by atoms with Crippen molar-refractivity contribution in [2.75, 3.05) is 0 Å². The molecular formula is C14H8N2O. The second-order valence-electron chi connectivity index (χ2n) is 3.35. The summed E-state index contributed by atoms with van der Waals surface area (Å²) in [7, 11) is 0. The molecular weight excluding hydrogens is 212 g/mol. The molecule has 0 saturated carbocycles. The number of rotatable bonds is 2. The van der Waals surface area contributed by atoms with Crippen molar-refractivity contribution in [3.05, 3.63) is 59.7 Å². The number of benzene rings is 2. The van der Waals surface area contributed by atoms with E-state index >= 15 is 0 Å². The number of ether oxygens (including phenoxy) is 1. The molecule has 0 spiro atoms. The van der Waals surface area contributed by atoms with Gasteiger partial charge in [0.2, 0.25) is 0 Å². The largest absolute Gasteiger partial charge is 0.456 e. The Labute approximate surface area is 99.1 Å². The third-order valence-electron chi connectivity index (χ3n) is 2.20. The number of para-hydroxylation sites is 1. The van der Waals surface area contributed by atoms with Crippen molar-refractivity contribution in [1.29, 1.82) is 10.5 Å². The van der Waals surface area contributed by atoms with E-state index in [0.717, 1.165) is 0 Å². The van der Waals surface area contributed by atoms with Crippen molar-refractivity contribution in [2.45, 2.75) is 0 Å². The van der Waals surface area contributed by atoms with E-state index in [1.807, 2.05) is 6.07 Å². The van der Waals surface area contributed by atoms with E-state index in [1.165, 1.54) is 0 Å². The van der Waals surface area contributed by atoms with Gasteiger partial charge in [-0.3, -0.25) is 0 Å². The van der Waals surface area contributed by atoms with Crippen molar-refractivity contribution >= 4 is 0 Å². The summed E-state index contributed by atoms with van der Waals surface area (Å²) in [6.07, 6.45) is 0. The van der Waals surface area contributed by atoms with E-state index in [2.05, 4.69) is 6.07 Å². The lowest BCUT2D eigenvalue weighted by Crippen LogP contribution is -1.88. The van der Waals surface area contributed by atoms with Gasteiger partial charge < -0.3 is 4.74 Å². The lowest BCUT2D eigenvalue weighted by atomic mass is 10.2. The molecule has 0 atom stereocenters. The number of hydrogen-bond acceptors (Lipinski definition) is 3. The average molecular weight is 220 g/mol. The highest BCUT2D eigenvalue weighted by molar-refractivity contribution is 5.46. The van der Waals surface area contributed by atoms with Crippen molar-refractivity contribution in [2.24, 2.45) is 0 Å². The minimum Gasteiger partial charge on any atom is -0.456 e. The summed E-state index contributed by atoms with van der Waals surface area (Å²) in [6.45, 7) is 0. The first-order valence-electron chi connectivity index (χ1n) is 5.00. The molecule has 2 aromatic rings. The predicted molar refractivity (Wildman–Crippen MR) is 62.4 cm³/mol. The fraction of sp³-hybridized carbons (Fsp3) is 0. The molecule has 0 amide bonds. The fourth-order valence-corrected chi connectivity index (χ4v) is 1.40. The van der Waals surface area contributed by atoms with Gasteiger partial charge in [-0.25, -0.2) is 0 Å². The highest BCUT2D eigenvalue weighted by Gasteiger charge is 2.03. The molecule has 0 aliphatic heterocycles. The van der Waals surface area contributed by atoms with E-state index in [4.69, 9.17) is 15.3 Å². The van der Waals surface area contributed by atoms with Gasteiger partial charge in [0.1, 0.15) is 17.6 Å². The topological polar surface area (TPSA) is 56.8 Å². The van der Waals surface area contributed by atoms with Gasteiger partial charge in [-0.05, 0) is 30.3 Å². The molecule has 3 nitrogen and oxygen atoms in total. The van der Waals surface area contributed by atoms with Crippen LogP contribution in [0.3, 0.4) is 0 Å². The van der Waals surface area contributed by atoms with Gasteiger partial charge in [-0.1, -0.05) is 18.2 Å². The molecule has 0 bridgehead atoms. The van der Waals surface area contributed by atoms with Gasteiger partial charge in [0.05, 0.1) is 17.2 Å². The Balaban J connectivity index is 2.32. The molecule has 0 aliphatic carbocycles. The summed E-state index contributed by atoms with van der Waals surface area (Å²) in [6, 6.07) is 17.9. The van der Waals surface area contributed by atoms with Crippen LogP contribution in [-0.2, 0) is 0 Å². The summed E-state index contributed by atoms with van der Waals surface area (Å²) in [5, 5.41) is 17.7. The summed E-state index contributed by atoms with van der Waals surface area (Å²) in [4.78, 5) is 0. The van der Waals surface area contributed by atoms with Crippen LogP contribution in [0.15, 0.2) is 48.5 Å². The normalized spacial score (nSPS) is 9.06. The minimum atomic E-state index is 0.467. The highest BCUT2D eigenvalue weighted by Crippen LogP contribution is 2.25. The van der Waals surface area contributed by atoms with Gasteiger partial charge in [0.25, 0.3) is 0 Å². The first-order chi connectivity index (χ1) is 8.33. The van der Waals surface area contributed by atoms with Crippen LogP contribution in [0.2, 0.25) is 0 Å². The maximum Gasteiger partial charge on any atom is 0.145 e. The fourth-order valence-electron chi connectivity index (χ4n) is 1.40. The third kappa shape index (κ3) is 2.42. The molecule has 17 heavy (non-hydrogen) atoms. The Morgan fingerprint density at radius 2 is 1.71 bits per heavy atom. The maximum absolute atomic E-state index is 8.91. The molecule has 0 aliphatic rings. The summed E-state index contributed by atoms with van der Waals surface area (Å²) >= 11 is 0. The summed E-state index contributed by atoms with van der Waals surface area (Å²) in [5.74, 6) is 1.04. The number of nitrogens with zero attached hydrogens (tertiary/aromatic N) is 2. The number of nitriles is 2. The Hall–Kier alpha value is -2.78. The van der Waals surface area contributed by atoms with Crippen LogP contribution >= 0.6 is 0 Å². The van der Waals surface area contributed by atoms with Crippen molar-refractivity contribution in [1.82, 2.24) is 0 Å². The van der Waals surface area contributed by atoms with Crippen LogP contribution in [0.25, 0.3) is 0 Å². The molecule has 0 unspecified atom stereocenters. The Morgan fingerprint density at radius 3 is 2.47 bits per heavy atom. The predicted octanol–water partition coefficient (Wildman–Crippen LogP) is 3.22. The van der Waals surface area contributed by atoms with Crippen molar-refractivity contribution < 1.29 is 4.74 Å². The van der Waals surface area contributed by atoms with Gasteiger partial charge in [0, 0.05) is 0 Å².